The molecule has 4 N–H and O–H groups in total. The first-order valence-electron chi connectivity index (χ1n) is 13.2. The van der Waals surface area contributed by atoms with E-state index in [1.807, 2.05) is 0 Å². The molecule has 3 aromatic rings. The predicted molar refractivity (Wildman–Crippen MR) is 137 cm³/mol. The topological polar surface area (TPSA) is 236 Å². The lowest BCUT2D eigenvalue weighted by molar-refractivity contribution is -0.902. The van der Waals surface area contributed by atoms with Crippen molar-refractivity contribution in [1.82, 2.24) is 0 Å². The Balaban J connectivity index is 1.87. The summed E-state index contributed by atoms with van der Waals surface area (Å²) in [7, 11) is 0. The largest absolute Gasteiger partial charge is 0.544 e. The number of carbonyl (C=O) groups excluding carboxylic acids is 5. The van der Waals surface area contributed by atoms with Gasteiger partial charge in [0.25, 0.3) is 0 Å². The molecule has 44 heavy (non-hydrogen) atoms. The quantitative estimate of drug-likeness (QED) is 0.125. The van der Waals surface area contributed by atoms with Crippen molar-refractivity contribution >= 4 is 29.8 Å². The number of carbonyl (C=O) groups is 5. The van der Waals surface area contributed by atoms with Crippen LogP contribution in [0.5, 0.6) is 11.5 Å². The van der Waals surface area contributed by atoms with Crippen LogP contribution in [0.2, 0.25) is 0 Å². The number of hydrogen-bond acceptors (Lipinski definition) is 12. The second-order valence-corrected chi connectivity index (χ2v) is 10.4. The van der Waals surface area contributed by atoms with Gasteiger partial charge in [-0.25, -0.2) is 4.79 Å². The number of aromatic hydroxyl groups is 2. The third-order valence-electron chi connectivity index (χ3n) is 7.20. The van der Waals surface area contributed by atoms with Crippen LogP contribution in [0.15, 0.2) is 60.7 Å². The van der Waals surface area contributed by atoms with E-state index >= 15 is 0 Å². The fourth-order valence-electron chi connectivity index (χ4n) is 5.43. The zero-order valence-electron chi connectivity index (χ0n) is 23.0. The second kappa shape index (κ2) is 12.8. The van der Waals surface area contributed by atoms with E-state index in [1.54, 1.807) is 18.2 Å². The number of benzene rings is 3. The number of esters is 1. The molecule has 0 atom stereocenters. The van der Waals surface area contributed by atoms with Gasteiger partial charge in [-0.15, -0.1) is 0 Å². The highest BCUT2D eigenvalue weighted by Gasteiger charge is 2.49. The monoisotopic (exact) mass is 606 g/mol. The Hall–Kier alpha value is -5.47. The van der Waals surface area contributed by atoms with Crippen LogP contribution in [0, 0.1) is 0 Å². The number of cyclic esters (lactones) is 1. The number of phenolic OH excluding ortho intramolecular Hbond substituents is 2. The summed E-state index contributed by atoms with van der Waals surface area (Å²) >= 11 is 0. The number of carboxylic acids is 4. The molecule has 1 heterocycles. The van der Waals surface area contributed by atoms with Gasteiger partial charge in [0.05, 0.1) is 29.4 Å². The molecule has 0 saturated carbocycles. The van der Waals surface area contributed by atoms with Crippen molar-refractivity contribution in [2.75, 3.05) is 26.2 Å². The standard InChI is InChI=1S/C30H28N2O12/c33-23-7-5-19(9-17(23)11-31(13-25(35)36)14-26(37)38)30(22-4-2-1-3-21(22)29(43)44-30)20-6-8-24(34)18(10-20)12-32(15-27(39)40)16-28(41)42/h1-10,33-34H,11-16H2,(H,35,36)(H,37,38)(H,39,40)(H,41,42)/p-2. The third kappa shape index (κ3) is 6.77. The molecule has 0 unspecified atom stereocenters. The fourth-order valence-corrected chi connectivity index (χ4v) is 5.43. The van der Waals surface area contributed by atoms with Gasteiger partial charge in [0.1, 0.15) is 50.8 Å². The van der Waals surface area contributed by atoms with Crippen molar-refractivity contribution in [3.63, 3.8) is 0 Å². The van der Waals surface area contributed by atoms with Crippen LogP contribution in [0.1, 0.15) is 38.2 Å². The SMILES string of the molecule is O=C([O-])C[NH+](CC(=O)[O-])Cc1cc(C2(c3ccc(O)c(C[NH+](CC(=O)[O-])CC(=O)[O-])c3)OC(=O)c3ccccc32)ccc1O. The van der Waals surface area contributed by atoms with E-state index < -0.39 is 61.6 Å². The van der Waals surface area contributed by atoms with Gasteiger partial charge in [-0.3, -0.25) is 0 Å². The first kappa shape index (κ1) is 31.5. The van der Waals surface area contributed by atoms with Crippen molar-refractivity contribution < 1.29 is 69.1 Å². The minimum absolute atomic E-state index is 0.0221. The third-order valence-corrected chi connectivity index (χ3v) is 7.20. The molecule has 3 aromatic carbocycles. The van der Waals surface area contributed by atoms with Crippen molar-refractivity contribution in [3.8, 4) is 11.5 Å². The van der Waals surface area contributed by atoms with E-state index in [4.69, 9.17) is 4.74 Å². The lowest BCUT2D eigenvalue weighted by Crippen LogP contribution is -3.13. The smallest absolute Gasteiger partial charge is 0.340 e. The summed E-state index contributed by atoms with van der Waals surface area (Å²) in [4.78, 5) is 58.1. The molecule has 14 nitrogen and oxygen atoms in total. The van der Waals surface area contributed by atoms with E-state index in [2.05, 4.69) is 0 Å². The molecule has 230 valence electrons. The van der Waals surface area contributed by atoms with Gasteiger partial charge in [0.15, 0.2) is 5.60 Å². The minimum Gasteiger partial charge on any atom is -0.544 e. The maximum atomic E-state index is 13.2. The highest BCUT2D eigenvalue weighted by atomic mass is 16.6. The molecule has 0 radical (unpaired) electrons. The Kier molecular flexibility index (Phi) is 9.16. The van der Waals surface area contributed by atoms with Gasteiger partial charge in [-0.2, -0.15) is 0 Å². The fraction of sp³-hybridized carbons (Fsp3) is 0.233. The molecule has 0 spiro atoms. The summed E-state index contributed by atoms with van der Waals surface area (Å²) in [6.45, 7) is -3.42. The lowest BCUT2D eigenvalue weighted by Gasteiger charge is -2.32. The van der Waals surface area contributed by atoms with Crippen molar-refractivity contribution in [1.29, 1.82) is 0 Å². The molecule has 14 heteroatoms. The summed E-state index contributed by atoms with van der Waals surface area (Å²) in [6, 6.07) is 14.7. The van der Waals surface area contributed by atoms with Crippen molar-refractivity contribution in [3.05, 3.63) is 94.0 Å². The second-order valence-electron chi connectivity index (χ2n) is 10.4. The van der Waals surface area contributed by atoms with E-state index in [1.165, 1.54) is 42.5 Å². The molecule has 0 bridgehead atoms. The zero-order valence-corrected chi connectivity index (χ0v) is 23.0. The van der Waals surface area contributed by atoms with Gasteiger partial charge < -0.3 is 64.4 Å². The molecule has 0 aromatic heterocycles. The number of carboxylic acid groups (broad SMARTS) is 4. The molecule has 0 fully saturated rings. The minimum atomic E-state index is -1.72. The molecule has 0 amide bonds. The average molecular weight is 607 g/mol. The average Bonchev–Trinajstić information content (AvgIpc) is 3.23. The van der Waals surface area contributed by atoms with Gasteiger partial charge in [0, 0.05) is 27.8 Å². The molecular formula is C30H26N2O12-2. The summed E-state index contributed by atoms with van der Waals surface area (Å²) in [6.07, 6.45) is 0. The first-order chi connectivity index (χ1) is 20.8. The van der Waals surface area contributed by atoms with Crippen LogP contribution < -0.4 is 30.2 Å². The number of aliphatic carboxylic acids is 4. The van der Waals surface area contributed by atoms with Crippen LogP contribution in [0.25, 0.3) is 0 Å². The maximum absolute atomic E-state index is 13.2. The Labute approximate surface area is 249 Å². The maximum Gasteiger partial charge on any atom is 0.340 e. The van der Waals surface area contributed by atoms with Crippen molar-refractivity contribution in [2.24, 2.45) is 0 Å². The normalized spacial score (nSPS) is 13.5. The van der Waals surface area contributed by atoms with Crippen molar-refractivity contribution in [2.45, 2.75) is 18.7 Å². The molecule has 1 aliphatic heterocycles. The molecule has 0 aliphatic carbocycles. The highest BCUT2D eigenvalue weighted by Crippen LogP contribution is 2.48. The van der Waals surface area contributed by atoms with Gasteiger partial charge in [-0.05, 0) is 30.3 Å². The van der Waals surface area contributed by atoms with Crippen LogP contribution >= 0.6 is 0 Å². The predicted octanol–water partition coefficient (Wildman–Crippen LogP) is -6.67. The van der Waals surface area contributed by atoms with Gasteiger partial charge in [-0.1, -0.05) is 30.3 Å². The van der Waals surface area contributed by atoms with E-state index in [9.17, 15) is 54.6 Å². The number of ether oxygens (including phenoxy) is 1. The van der Waals surface area contributed by atoms with Gasteiger partial charge >= 0.3 is 5.97 Å². The Morgan fingerprint density at radius 2 is 1.07 bits per heavy atom. The van der Waals surface area contributed by atoms with Gasteiger partial charge in [0.2, 0.25) is 0 Å². The Morgan fingerprint density at radius 3 is 1.48 bits per heavy atom. The number of phenols is 2. The molecule has 4 rings (SSSR count). The van der Waals surface area contributed by atoms with E-state index in [0.717, 1.165) is 0 Å². The summed E-state index contributed by atoms with van der Waals surface area (Å²) in [5.74, 6) is -7.44. The van der Waals surface area contributed by atoms with E-state index in [-0.39, 0.29) is 62.2 Å². The van der Waals surface area contributed by atoms with Crippen LogP contribution in [0.3, 0.4) is 0 Å². The van der Waals surface area contributed by atoms with E-state index in [0.29, 0.717) is 5.56 Å². The summed E-state index contributed by atoms with van der Waals surface area (Å²) < 4.78 is 6.02. The molecule has 0 saturated heterocycles. The molecular weight excluding hydrogens is 580 g/mol. The molecule has 1 aliphatic rings. The highest BCUT2D eigenvalue weighted by molar-refractivity contribution is 5.96. The number of nitrogens with one attached hydrogen (secondary N) is 2. The first-order valence-corrected chi connectivity index (χ1v) is 13.2. The number of hydrogen-bond donors (Lipinski definition) is 4. The summed E-state index contributed by atoms with van der Waals surface area (Å²) in [5, 5.41) is 66.2. The number of quaternary nitrogens is 2. The summed E-state index contributed by atoms with van der Waals surface area (Å²) in [5.41, 5.74) is -0.427. The number of rotatable bonds is 14. The Morgan fingerprint density at radius 1 is 0.659 bits per heavy atom. The number of fused-ring (bicyclic) bond motifs is 1. The van der Waals surface area contributed by atoms with Crippen LogP contribution in [-0.4, -0.2) is 66.2 Å². The van der Waals surface area contributed by atoms with Crippen LogP contribution in [0.4, 0.5) is 0 Å². The Bertz CT molecular complexity index is 1520. The zero-order chi connectivity index (χ0) is 32.2. The lowest BCUT2D eigenvalue weighted by atomic mass is 9.78. The van der Waals surface area contributed by atoms with Crippen LogP contribution in [-0.2, 0) is 42.6 Å².